The molecule has 27 heavy (non-hydrogen) atoms. The summed E-state index contributed by atoms with van der Waals surface area (Å²) in [5.74, 6) is 1.19. The van der Waals surface area contributed by atoms with Gasteiger partial charge in [-0.05, 0) is 18.2 Å². The maximum Gasteiger partial charge on any atom is 0.256 e. The van der Waals surface area contributed by atoms with Gasteiger partial charge in [0.15, 0.2) is 0 Å². The molecule has 0 spiro atoms. The van der Waals surface area contributed by atoms with E-state index in [2.05, 4.69) is 25.8 Å². The first-order chi connectivity index (χ1) is 13.3. The van der Waals surface area contributed by atoms with Crippen molar-refractivity contribution in [1.29, 1.82) is 0 Å². The van der Waals surface area contributed by atoms with Gasteiger partial charge in [-0.1, -0.05) is 24.3 Å². The number of para-hydroxylation sites is 1. The van der Waals surface area contributed by atoms with E-state index in [4.69, 9.17) is 0 Å². The normalized spacial score (nSPS) is 18.7. The van der Waals surface area contributed by atoms with Crippen LogP contribution >= 0.6 is 0 Å². The molecule has 138 valence electrons. The molecule has 4 heterocycles. The van der Waals surface area contributed by atoms with Gasteiger partial charge in [0.2, 0.25) is 0 Å². The van der Waals surface area contributed by atoms with E-state index in [1.165, 1.54) is 0 Å². The number of likely N-dealkylation sites (tertiary alicyclic amines) is 1. The number of H-pyrrole nitrogens is 1. The van der Waals surface area contributed by atoms with E-state index in [-0.39, 0.29) is 5.91 Å². The number of carbonyl (C=O) groups is 1. The molecular formula is C21H23N5O. The number of fused-ring (bicyclic) bond motifs is 1. The lowest BCUT2D eigenvalue weighted by Gasteiger charge is -2.48. The van der Waals surface area contributed by atoms with Crippen LogP contribution in [0.25, 0.3) is 10.9 Å². The molecule has 0 radical (unpaired) electrons. The first kappa shape index (κ1) is 16.3. The fourth-order valence-electron chi connectivity index (χ4n) is 4.13. The summed E-state index contributed by atoms with van der Waals surface area (Å²) in [7, 11) is 0. The molecule has 2 fully saturated rings. The topological polar surface area (TPSA) is 55.5 Å². The first-order valence-electron chi connectivity index (χ1n) is 9.55. The highest BCUT2D eigenvalue weighted by molar-refractivity contribution is 6.07. The second-order valence-corrected chi connectivity index (χ2v) is 7.32. The monoisotopic (exact) mass is 361 g/mol. The molecule has 1 N–H and O–H groups in total. The lowest BCUT2D eigenvalue weighted by molar-refractivity contribution is 0.0248. The lowest BCUT2D eigenvalue weighted by Crippen LogP contribution is -2.64. The average Bonchev–Trinajstić information content (AvgIpc) is 3.12. The van der Waals surface area contributed by atoms with Crippen LogP contribution in [0.2, 0.25) is 0 Å². The van der Waals surface area contributed by atoms with Crippen molar-refractivity contribution in [2.45, 2.75) is 6.04 Å². The third-order valence-electron chi connectivity index (χ3n) is 5.77. The lowest BCUT2D eigenvalue weighted by atomic mass is 10.0. The Bertz CT molecular complexity index is 939. The summed E-state index contributed by atoms with van der Waals surface area (Å²) in [6.45, 7) is 5.67. The largest absolute Gasteiger partial charge is 0.360 e. The zero-order valence-corrected chi connectivity index (χ0v) is 15.2. The summed E-state index contributed by atoms with van der Waals surface area (Å²) in [6.07, 6.45) is 3.69. The van der Waals surface area contributed by atoms with Crippen molar-refractivity contribution in [3.05, 3.63) is 60.4 Å². The number of pyridine rings is 1. The highest BCUT2D eigenvalue weighted by Gasteiger charge is 2.37. The molecule has 3 aromatic rings. The molecule has 1 amide bonds. The second kappa shape index (κ2) is 6.70. The van der Waals surface area contributed by atoms with Gasteiger partial charge >= 0.3 is 0 Å². The van der Waals surface area contributed by atoms with Crippen LogP contribution in [-0.4, -0.2) is 71.0 Å². The van der Waals surface area contributed by atoms with Crippen molar-refractivity contribution in [2.24, 2.45) is 0 Å². The minimum Gasteiger partial charge on any atom is -0.360 e. The summed E-state index contributed by atoms with van der Waals surface area (Å²) in [5, 5.41) is 1.01. The Labute approximate surface area is 158 Å². The predicted molar refractivity (Wildman–Crippen MR) is 106 cm³/mol. The van der Waals surface area contributed by atoms with Crippen LogP contribution in [-0.2, 0) is 0 Å². The van der Waals surface area contributed by atoms with Crippen molar-refractivity contribution in [1.82, 2.24) is 19.8 Å². The van der Waals surface area contributed by atoms with E-state index < -0.39 is 0 Å². The van der Waals surface area contributed by atoms with Crippen LogP contribution in [0.3, 0.4) is 0 Å². The fraction of sp³-hybridized carbons (Fsp3) is 0.333. The molecule has 0 bridgehead atoms. The highest BCUT2D eigenvalue weighted by atomic mass is 16.2. The molecule has 2 aliphatic rings. The van der Waals surface area contributed by atoms with E-state index in [0.717, 1.165) is 61.6 Å². The molecule has 0 saturated carbocycles. The number of carbonyl (C=O) groups excluding carboxylic acids is 1. The molecule has 2 aromatic heterocycles. The number of hydrogen-bond acceptors (Lipinski definition) is 4. The minimum absolute atomic E-state index is 0.135. The number of piperazine rings is 1. The first-order valence-corrected chi connectivity index (χ1v) is 9.55. The summed E-state index contributed by atoms with van der Waals surface area (Å²) in [6, 6.07) is 14.5. The van der Waals surface area contributed by atoms with Crippen molar-refractivity contribution >= 4 is 22.6 Å². The summed E-state index contributed by atoms with van der Waals surface area (Å²) in [5.41, 5.74) is 1.80. The summed E-state index contributed by atoms with van der Waals surface area (Å²) >= 11 is 0. The zero-order chi connectivity index (χ0) is 18.2. The van der Waals surface area contributed by atoms with Gasteiger partial charge in [0.1, 0.15) is 5.82 Å². The molecule has 0 unspecified atom stereocenters. The van der Waals surface area contributed by atoms with Crippen LogP contribution in [0.5, 0.6) is 0 Å². The zero-order valence-electron chi connectivity index (χ0n) is 15.2. The van der Waals surface area contributed by atoms with Crippen molar-refractivity contribution in [2.75, 3.05) is 44.2 Å². The summed E-state index contributed by atoms with van der Waals surface area (Å²) in [4.78, 5) is 27.3. The van der Waals surface area contributed by atoms with Crippen molar-refractivity contribution in [3.8, 4) is 0 Å². The smallest absolute Gasteiger partial charge is 0.256 e. The van der Waals surface area contributed by atoms with E-state index in [1.807, 2.05) is 53.7 Å². The number of nitrogens with zero attached hydrogens (tertiary/aromatic N) is 4. The Morgan fingerprint density at radius 3 is 2.56 bits per heavy atom. The van der Waals surface area contributed by atoms with Crippen molar-refractivity contribution < 1.29 is 4.79 Å². The minimum atomic E-state index is 0.135. The van der Waals surface area contributed by atoms with Crippen LogP contribution in [0.4, 0.5) is 5.82 Å². The number of nitrogens with one attached hydrogen (secondary N) is 1. The Hall–Kier alpha value is -2.86. The Morgan fingerprint density at radius 1 is 1.00 bits per heavy atom. The molecule has 5 rings (SSSR count). The summed E-state index contributed by atoms with van der Waals surface area (Å²) < 4.78 is 0. The SMILES string of the molecule is O=C(c1c[nH]c2ccccc12)N1CC(N2CCN(c3ccccn3)CC2)C1. The highest BCUT2D eigenvalue weighted by Crippen LogP contribution is 2.24. The second-order valence-electron chi connectivity index (χ2n) is 7.32. The average molecular weight is 361 g/mol. The number of aromatic amines is 1. The fourth-order valence-corrected chi connectivity index (χ4v) is 4.13. The number of rotatable bonds is 3. The van der Waals surface area contributed by atoms with Gasteiger partial charge in [-0.3, -0.25) is 9.69 Å². The van der Waals surface area contributed by atoms with Crippen LogP contribution in [0.15, 0.2) is 54.9 Å². The quantitative estimate of drug-likeness (QED) is 0.777. The van der Waals surface area contributed by atoms with Gasteiger partial charge in [-0.25, -0.2) is 4.98 Å². The van der Waals surface area contributed by atoms with Gasteiger partial charge in [-0.15, -0.1) is 0 Å². The van der Waals surface area contributed by atoms with Gasteiger partial charge in [0, 0.05) is 68.6 Å². The molecule has 0 aliphatic carbocycles. The van der Waals surface area contributed by atoms with E-state index in [9.17, 15) is 4.79 Å². The van der Waals surface area contributed by atoms with E-state index in [1.54, 1.807) is 0 Å². The number of anilines is 1. The van der Waals surface area contributed by atoms with Gasteiger partial charge < -0.3 is 14.8 Å². The number of aromatic nitrogens is 2. The van der Waals surface area contributed by atoms with Crippen LogP contribution in [0.1, 0.15) is 10.4 Å². The van der Waals surface area contributed by atoms with Crippen molar-refractivity contribution in [3.63, 3.8) is 0 Å². The third kappa shape index (κ3) is 2.96. The van der Waals surface area contributed by atoms with E-state index >= 15 is 0 Å². The van der Waals surface area contributed by atoms with E-state index in [0.29, 0.717) is 6.04 Å². The Kier molecular flexibility index (Phi) is 4.05. The Balaban J connectivity index is 1.17. The number of benzene rings is 1. The van der Waals surface area contributed by atoms with Gasteiger partial charge in [0.25, 0.3) is 5.91 Å². The predicted octanol–water partition coefficient (Wildman–Crippen LogP) is 2.21. The molecular weight excluding hydrogens is 338 g/mol. The number of hydrogen-bond donors (Lipinski definition) is 1. The maximum absolute atomic E-state index is 12.8. The Morgan fingerprint density at radius 2 is 1.78 bits per heavy atom. The van der Waals surface area contributed by atoms with Gasteiger partial charge in [-0.2, -0.15) is 0 Å². The molecule has 2 saturated heterocycles. The third-order valence-corrected chi connectivity index (χ3v) is 5.77. The maximum atomic E-state index is 12.8. The molecule has 2 aliphatic heterocycles. The van der Waals surface area contributed by atoms with Crippen LogP contribution in [0, 0.1) is 0 Å². The standard InChI is InChI=1S/C21H23N5O/c27-21(18-13-23-19-6-2-1-5-17(18)19)26-14-16(15-26)24-9-11-25(12-10-24)20-7-3-4-8-22-20/h1-8,13,16,23H,9-12,14-15H2. The van der Waals surface area contributed by atoms with Gasteiger partial charge in [0.05, 0.1) is 5.56 Å². The number of amides is 1. The molecule has 1 aromatic carbocycles. The molecule has 0 atom stereocenters. The van der Waals surface area contributed by atoms with Crippen LogP contribution < -0.4 is 4.90 Å². The molecule has 6 heteroatoms. The molecule has 6 nitrogen and oxygen atoms in total.